The minimum absolute atomic E-state index is 0.0123. The van der Waals surface area contributed by atoms with Crippen LogP contribution in [0.1, 0.15) is 26.7 Å². The molecule has 0 aliphatic carbocycles. The molecule has 1 saturated heterocycles. The zero-order valence-corrected chi connectivity index (χ0v) is 10.8. The Labute approximate surface area is 110 Å². The predicted octanol–water partition coefficient (Wildman–Crippen LogP) is 0.145. The molecule has 1 aliphatic heterocycles. The summed E-state index contributed by atoms with van der Waals surface area (Å²) in [5.41, 5.74) is -0.396. The Morgan fingerprint density at radius 3 is 2.11 bits per heavy atom. The Hall–Kier alpha value is -2.18. The first kappa shape index (κ1) is 14.9. The highest BCUT2D eigenvalue weighted by molar-refractivity contribution is 6.10. The Morgan fingerprint density at radius 1 is 1.11 bits per heavy atom. The van der Waals surface area contributed by atoms with E-state index in [1.807, 2.05) is 0 Å². The van der Waals surface area contributed by atoms with Crippen LogP contribution in [0.2, 0.25) is 0 Å². The van der Waals surface area contributed by atoms with Gasteiger partial charge in [0.2, 0.25) is 11.8 Å². The van der Waals surface area contributed by atoms with Gasteiger partial charge in [0.15, 0.2) is 0 Å². The molecule has 0 unspecified atom stereocenters. The lowest BCUT2D eigenvalue weighted by atomic mass is 10.3. The van der Waals surface area contributed by atoms with Gasteiger partial charge in [-0.3, -0.25) is 9.59 Å². The zero-order chi connectivity index (χ0) is 14.4. The molecule has 1 heterocycles. The third-order valence-electron chi connectivity index (χ3n) is 2.32. The zero-order valence-electron chi connectivity index (χ0n) is 10.8. The predicted molar refractivity (Wildman–Crippen MR) is 62.4 cm³/mol. The van der Waals surface area contributed by atoms with Gasteiger partial charge in [-0.2, -0.15) is 0 Å². The van der Waals surface area contributed by atoms with Gasteiger partial charge in [0, 0.05) is 12.8 Å². The van der Waals surface area contributed by atoms with Crippen LogP contribution in [0, 0.1) is 0 Å². The van der Waals surface area contributed by atoms with Gasteiger partial charge in [-0.15, -0.1) is 0 Å². The second-order valence-electron chi connectivity index (χ2n) is 3.62. The summed E-state index contributed by atoms with van der Waals surface area (Å²) in [4.78, 5) is 46.9. The number of hydrogen-bond acceptors (Lipinski definition) is 6. The molecule has 0 N–H and O–H groups in total. The highest BCUT2D eigenvalue weighted by Crippen LogP contribution is 2.19. The van der Waals surface area contributed by atoms with Crippen molar-refractivity contribution in [1.29, 1.82) is 0 Å². The van der Waals surface area contributed by atoms with Gasteiger partial charge in [0.05, 0.1) is 19.3 Å². The lowest BCUT2D eigenvalue weighted by molar-refractivity contribution is -0.147. The number of esters is 2. The van der Waals surface area contributed by atoms with Crippen molar-refractivity contribution in [2.45, 2.75) is 26.7 Å². The molecule has 0 spiro atoms. The Kier molecular flexibility index (Phi) is 5.23. The number of carbonyl (C=O) groups excluding carboxylic acids is 4. The SMILES string of the molecule is CCOC(=O)/C=C(/C(=O)OCC)N1C(=O)CCC1=O. The maximum atomic E-state index is 11.7. The van der Waals surface area contributed by atoms with E-state index in [9.17, 15) is 19.2 Å². The summed E-state index contributed by atoms with van der Waals surface area (Å²) in [6.07, 6.45) is 0.833. The molecule has 1 fully saturated rings. The van der Waals surface area contributed by atoms with Crippen LogP contribution in [0.5, 0.6) is 0 Å². The molecular formula is C12H15NO6. The van der Waals surface area contributed by atoms with Gasteiger partial charge >= 0.3 is 11.9 Å². The number of hydrogen-bond donors (Lipinski definition) is 0. The molecule has 0 saturated carbocycles. The Morgan fingerprint density at radius 2 is 1.63 bits per heavy atom. The third-order valence-corrected chi connectivity index (χ3v) is 2.32. The fourth-order valence-electron chi connectivity index (χ4n) is 1.56. The maximum Gasteiger partial charge on any atom is 0.355 e. The second kappa shape index (κ2) is 6.67. The quantitative estimate of drug-likeness (QED) is 0.401. The highest BCUT2D eigenvalue weighted by atomic mass is 16.5. The van der Waals surface area contributed by atoms with Crippen molar-refractivity contribution >= 4 is 23.8 Å². The summed E-state index contributed by atoms with van der Waals surface area (Å²) in [6, 6.07) is 0. The van der Waals surface area contributed by atoms with Crippen molar-refractivity contribution < 1.29 is 28.7 Å². The average molecular weight is 269 g/mol. The number of nitrogens with zero attached hydrogens (tertiary/aromatic N) is 1. The average Bonchev–Trinajstić information content (AvgIpc) is 2.67. The highest BCUT2D eigenvalue weighted by Gasteiger charge is 2.36. The molecule has 0 aromatic rings. The number of rotatable bonds is 5. The summed E-state index contributed by atoms with van der Waals surface area (Å²) in [5, 5.41) is 0. The van der Waals surface area contributed by atoms with E-state index in [2.05, 4.69) is 4.74 Å². The lowest BCUT2D eigenvalue weighted by Crippen LogP contribution is -2.34. The summed E-state index contributed by atoms with van der Waals surface area (Å²) in [5.74, 6) is -2.78. The topological polar surface area (TPSA) is 90.0 Å². The standard InChI is InChI=1S/C12H15NO6/c1-3-18-11(16)7-8(12(17)19-4-2)13-9(14)5-6-10(13)15/h7H,3-6H2,1-2H3/b8-7-. The first-order valence-corrected chi connectivity index (χ1v) is 5.92. The van der Waals surface area contributed by atoms with Crippen molar-refractivity contribution in [1.82, 2.24) is 4.90 Å². The molecule has 0 bridgehead atoms. The molecule has 19 heavy (non-hydrogen) atoms. The fourth-order valence-corrected chi connectivity index (χ4v) is 1.56. The molecule has 7 heteroatoms. The van der Waals surface area contributed by atoms with E-state index < -0.39 is 29.5 Å². The molecule has 0 atom stereocenters. The monoisotopic (exact) mass is 269 g/mol. The summed E-state index contributed by atoms with van der Waals surface area (Å²) < 4.78 is 9.39. The number of likely N-dealkylation sites (tertiary alicyclic amines) is 1. The Bertz CT molecular complexity index is 424. The molecule has 104 valence electrons. The van der Waals surface area contributed by atoms with Crippen LogP contribution in [-0.2, 0) is 28.7 Å². The third kappa shape index (κ3) is 3.64. The van der Waals surface area contributed by atoms with Gasteiger partial charge in [-0.1, -0.05) is 0 Å². The minimum Gasteiger partial charge on any atom is -0.463 e. The van der Waals surface area contributed by atoms with E-state index in [0.717, 1.165) is 6.08 Å². The van der Waals surface area contributed by atoms with Crippen molar-refractivity contribution in [3.63, 3.8) is 0 Å². The molecule has 7 nitrogen and oxygen atoms in total. The minimum atomic E-state index is -0.904. The van der Waals surface area contributed by atoms with E-state index in [1.165, 1.54) is 0 Å². The van der Waals surface area contributed by atoms with E-state index in [4.69, 9.17) is 4.74 Å². The van der Waals surface area contributed by atoms with Crippen LogP contribution in [-0.4, -0.2) is 41.9 Å². The first-order chi connectivity index (χ1) is 9.01. The van der Waals surface area contributed by atoms with Crippen LogP contribution >= 0.6 is 0 Å². The number of amides is 2. The molecule has 1 rings (SSSR count). The van der Waals surface area contributed by atoms with Gasteiger partial charge in [-0.05, 0) is 13.8 Å². The summed E-state index contributed by atoms with van der Waals surface area (Å²) in [7, 11) is 0. The van der Waals surface area contributed by atoms with E-state index in [1.54, 1.807) is 13.8 Å². The van der Waals surface area contributed by atoms with Crippen LogP contribution in [0.3, 0.4) is 0 Å². The largest absolute Gasteiger partial charge is 0.463 e. The number of imide groups is 1. The molecule has 0 aromatic heterocycles. The molecule has 2 amide bonds. The van der Waals surface area contributed by atoms with Crippen LogP contribution in [0.4, 0.5) is 0 Å². The van der Waals surface area contributed by atoms with Gasteiger partial charge < -0.3 is 9.47 Å². The molecular weight excluding hydrogens is 254 g/mol. The maximum absolute atomic E-state index is 11.7. The van der Waals surface area contributed by atoms with E-state index >= 15 is 0 Å². The van der Waals surface area contributed by atoms with E-state index in [-0.39, 0.29) is 26.1 Å². The summed E-state index contributed by atoms with van der Waals surface area (Å²) in [6.45, 7) is 3.36. The summed E-state index contributed by atoms with van der Waals surface area (Å²) >= 11 is 0. The van der Waals surface area contributed by atoms with E-state index in [0.29, 0.717) is 4.90 Å². The van der Waals surface area contributed by atoms with Crippen LogP contribution in [0.15, 0.2) is 11.8 Å². The van der Waals surface area contributed by atoms with Crippen molar-refractivity contribution in [3.05, 3.63) is 11.8 Å². The smallest absolute Gasteiger partial charge is 0.355 e. The molecule has 1 aliphatic rings. The number of carbonyl (C=O) groups is 4. The lowest BCUT2D eigenvalue weighted by Gasteiger charge is -2.16. The van der Waals surface area contributed by atoms with Crippen molar-refractivity contribution in [2.75, 3.05) is 13.2 Å². The fraction of sp³-hybridized carbons (Fsp3) is 0.500. The first-order valence-electron chi connectivity index (χ1n) is 5.92. The normalized spacial score (nSPS) is 15.7. The van der Waals surface area contributed by atoms with Crippen LogP contribution in [0.25, 0.3) is 0 Å². The molecule has 0 aromatic carbocycles. The number of ether oxygens (including phenoxy) is 2. The Balaban J connectivity index is 3.04. The van der Waals surface area contributed by atoms with Gasteiger partial charge in [-0.25, -0.2) is 14.5 Å². The van der Waals surface area contributed by atoms with Crippen molar-refractivity contribution in [3.8, 4) is 0 Å². The van der Waals surface area contributed by atoms with Crippen LogP contribution < -0.4 is 0 Å². The molecule has 0 radical (unpaired) electrons. The van der Waals surface area contributed by atoms with Gasteiger partial charge in [0.1, 0.15) is 5.70 Å². The van der Waals surface area contributed by atoms with Crippen molar-refractivity contribution in [2.24, 2.45) is 0 Å². The second-order valence-corrected chi connectivity index (χ2v) is 3.62. The van der Waals surface area contributed by atoms with Gasteiger partial charge in [0.25, 0.3) is 0 Å².